The van der Waals surface area contributed by atoms with E-state index in [2.05, 4.69) is 0 Å². The van der Waals surface area contributed by atoms with Gasteiger partial charge in [-0.15, -0.1) is 0 Å². The predicted octanol–water partition coefficient (Wildman–Crippen LogP) is 1.35. The molecule has 2 N–H and O–H groups in total. The van der Waals surface area contributed by atoms with E-state index >= 15 is 0 Å². The maximum atomic E-state index is 11.2. The smallest absolute Gasteiger partial charge is 0.212 e. The van der Waals surface area contributed by atoms with Gasteiger partial charge in [0.05, 0.1) is 5.25 Å². The topological polar surface area (TPSA) is 60.2 Å². The quantitative estimate of drug-likeness (QED) is 0.732. The number of sulfonamides is 1. The van der Waals surface area contributed by atoms with E-state index < -0.39 is 15.3 Å². The Morgan fingerprint density at radius 3 is 1.75 bits per heavy atom. The highest BCUT2D eigenvalue weighted by Crippen LogP contribution is 2.21. The predicted molar refractivity (Wildman–Crippen MR) is 51.2 cm³/mol. The van der Waals surface area contributed by atoms with Gasteiger partial charge in [-0.05, 0) is 11.8 Å². The first-order chi connectivity index (χ1) is 5.30. The van der Waals surface area contributed by atoms with E-state index in [0.29, 0.717) is 0 Å². The third kappa shape index (κ3) is 3.11. The minimum absolute atomic E-state index is 0.0925. The van der Waals surface area contributed by atoms with Crippen LogP contribution in [0.25, 0.3) is 0 Å². The van der Waals surface area contributed by atoms with Crippen molar-refractivity contribution >= 4 is 10.0 Å². The zero-order chi connectivity index (χ0) is 9.94. The Kier molecular flexibility index (Phi) is 4.20. The monoisotopic (exact) mass is 193 g/mol. The van der Waals surface area contributed by atoms with Crippen LogP contribution >= 0.6 is 0 Å². The van der Waals surface area contributed by atoms with Gasteiger partial charge in [-0.3, -0.25) is 0 Å². The van der Waals surface area contributed by atoms with Gasteiger partial charge in [-0.25, -0.2) is 13.6 Å². The molecule has 0 aliphatic carbocycles. The molecule has 12 heavy (non-hydrogen) atoms. The minimum Gasteiger partial charge on any atom is -0.228 e. The average Bonchev–Trinajstić information content (AvgIpc) is 1.83. The van der Waals surface area contributed by atoms with E-state index in [1.807, 2.05) is 27.7 Å². The Labute approximate surface area is 75.4 Å². The van der Waals surface area contributed by atoms with E-state index in [1.54, 1.807) is 0 Å². The summed E-state index contributed by atoms with van der Waals surface area (Å²) in [6.45, 7) is 7.68. The second kappa shape index (κ2) is 4.23. The van der Waals surface area contributed by atoms with E-state index in [4.69, 9.17) is 5.14 Å². The number of hydrogen-bond acceptors (Lipinski definition) is 2. The van der Waals surface area contributed by atoms with Crippen molar-refractivity contribution < 1.29 is 8.42 Å². The number of nitrogens with two attached hydrogens (primary N) is 1. The third-order valence-electron chi connectivity index (χ3n) is 2.24. The maximum absolute atomic E-state index is 11.2. The molecule has 2 atom stereocenters. The summed E-state index contributed by atoms with van der Waals surface area (Å²) in [7, 11) is -3.38. The van der Waals surface area contributed by atoms with Gasteiger partial charge >= 0.3 is 0 Å². The van der Waals surface area contributed by atoms with Crippen LogP contribution in [0.1, 0.15) is 34.1 Å². The zero-order valence-corrected chi connectivity index (χ0v) is 9.06. The van der Waals surface area contributed by atoms with Crippen LogP contribution in [0.3, 0.4) is 0 Å². The van der Waals surface area contributed by atoms with E-state index in [9.17, 15) is 8.42 Å². The summed E-state index contributed by atoms with van der Waals surface area (Å²) in [4.78, 5) is 0. The Bertz CT molecular complexity index is 221. The van der Waals surface area contributed by atoms with Gasteiger partial charge in [0.1, 0.15) is 0 Å². The van der Waals surface area contributed by atoms with Crippen LogP contribution in [0.15, 0.2) is 0 Å². The summed E-state index contributed by atoms with van der Waals surface area (Å²) in [5, 5.41) is 4.73. The highest BCUT2D eigenvalue weighted by Gasteiger charge is 2.29. The Morgan fingerprint density at radius 1 is 1.25 bits per heavy atom. The molecule has 0 heterocycles. The fourth-order valence-corrected chi connectivity index (χ4v) is 3.19. The number of primary sulfonamides is 1. The van der Waals surface area contributed by atoms with Crippen LogP contribution in [0.4, 0.5) is 0 Å². The lowest BCUT2D eigenvalue weighted by Gasteiger charge is -2.24. The van der Waals surface area contributed by atoms with Crippen molar-refractivity contribution in [3.8, 4) is 0 Å². The van der Waals surface area contributed by atoms with Crippen LogP contribution in [0.5, 0.6) is 0 Å². The Hall–Kier alpha value is -0.0900. The fraction of sp³-hybridized carbons (Fsp3) is 1.00. The van der Waals surface area contributed by atoms with E-state index in [0.717, 1.165) is 6.42 Å². The lowest BCUT2D eigenvalue weighted by Crippen LogP contribution is -2.37. The fourth-order valence-electron chi connectivity index (χ4n) is 1.59. The highest BCUT2D eigenvalue weighted by molar-refractivity contribution is 7.89. The van der Waals surface area contributed by atoms with Crippen LogP contribution in [0, 0.1) is 11.8 Å². The molecular weight excluding hydrogens is 174 g/mol. The van der Waals surface area contributed by atoms with Crippen molar-refractivity contribution in [3.05, 3.63) is 0 Å². The maximum Gasteiger partial charge on any atom is 0.212 e. The van der Waals surface area contributed by atoms with Gasteiger partial charge in [0, 0.05) is 0 Å². The van der Waals surface area contributed by atoms with E-state index in [-0.39, 0.29) is 11.8 Å². The van der Waals surface area contributed by atoms with Crippen LogP contribution in [0.2, 0.25) is 0 Å². The molecule has 0 rings (SSSR count). The van der Waals surface area contributed by atoms with Crippen molar-refractivity contribution in [1.29, 1.82) is 0 Å². The minimum atomic E-state index is -3.38. The average molecular weight is 193 g/mol. The van der Waals surface area contributed by atoms with Gasteiger partial charge in [0.15, 0.2) is 0 Å². The van der Waals surface area contributed by atoms with Gasteiger partial charge in [0.2, 0.25) is 10.0 Å². The van der Waals surface area contributed by atoms with Crippen molar-refractivity contribution in [2.45, 2.75) is 39.4 Å². The molecule has 74 valence electrons. The lowest BCUT2D eigenvalue weighted by molar-refractivity contribution is 0.418. The summed E-state index contributed by atoms with van der Waals surface area (Å²) >= 11 is 0. The van der Waals surface area contributed by atoms with Gasteiger partial charge < -0.3 is 0 Å². The van der Waals surface area contributed by atoms with Crippen LogP contribution in [-0.4, -0.2) is 13.7 Å². The normalized spacial score (nSPS) is 17.8. The van der Waals surface area contributed by atoms with Gasteiger partial charge in [0.25, 0.3) is 0 Å². The second-order valence-electron chi connectivity index (χ2n) is 3.68. The molecule has 0 amide bonds. The van der Waals surface area contributed by atoms with Crippen molar-refractivity contribution in [2.75, 3.05) is 0 Å². The Morgan fingerprint density at radius 2 is 1.67 bits per heavy atom. The second-order valence-corrected chi connectivity index (χ2v) is 5.41. The van der Waals surface area contributed by atoms with Crippen molar-refractivity contribution in [2.24, 2.45) is 17.0 Å². The summed E-state index contributed by atoms with van der Waals surface area (Å²) in [6.07, 6.45) is 0.847. The molecule has 0 aliphatic heterocycles. The summed E-state index contributed by atoms with van der Waals surface area (Å²) in [6, 6.07) is 0. The summed E-state index contributed by atoms with van der Waals surface area (Å²) in [5.41, 5.74) is 0. The number of rotatable bonds is 4. The third-order valence-corrected chi connectivity index (χ3v) is 4.01. The highest BCUT2D eigenvalue weighted by atomic mass is 32.2. The molecule has 0 bridgehead atoms. The molecule has 0 saturated heterocycles. The van der Waals surface area contributed by atoms with Gasteiger partial charge in [-0.1, -0.05) is 34.1 Å². The first kappa shape index (κ1) is 11.9. The van der Waals surface area contributed by atoms with Crippen LogP contribution in [-0.2, 0) is 10.0 Å². The molecular formula is C8H19NO2S. The van der Waals surface area contributed by atoms with Crippen molar-refractivity contribution in [3.63, 3.8) is 0 Å². The molecule has 0 aliphatic rings. The molecule has 0 aromatic carbocycles. The molecule has 0 radical (unpaired) electrons. The Balaban J connectivity index is 4.69. The molecule has 0 spiro atoms. The standard InChI is InChI=1S/C8H19NO2S/c1-5-7(4)8(6(2)3)12(9,10)11/h6-8H,5H2,1-4H3,(H2,9,10,11)/t7-,8+/m0/s1. The van der Waals surface area contributed by atoms with Crippen LogP contribution < -0.4 is 5.14 Å². The molecule has 0 unspecified atom stereocenters. The first-order valence-electron chi connectivity index (χ1n) is 4.32. The van der Waals surface area contributed by atoms with Crippen molar-refractivity contribution in [1.82, 2.24) is 0 Å². The molecule has 0 aromatic heterocycles. The van der Waals surface area contributed by atoms with Gasteiger partial charge in [-0.2, -0.15) is 0 Å². The lowest BCUT2D eigenvalue weighted by atomic mass is 9.96. The summed E-state index contributed by atoms with van der Waals surface area (Å²) in [5.74, 6) is 0.231. The molecule has 4 heteroatoms. The largest absolute Gasteiger partial charge is 0.228 e. The molecule has 0 aromatic rings. The summed E-state index contributed by atoms with van der Waals surface area (Å²) < 4.78 is 22.3. The SMILES string of the molecule is CC[C@H](C)[C@@H](C(C)C)S(N)(=O)=O. The number of hydrogen-bond donors (Lipinski definition) is 1. The zero-order valence-electron chi connectivity index (χ0n) is 8.24. The molecule has 3 nitrogen and oxygen atoms in total. The van der Waals surface area contributed by atoms with E-state index in [1.165, 1.54) is 0 Å². The molecule has 0 saturated carbocycles. The molecule has 0 fully saturated rings. The first-order valence-corrected chi connectivity index (χ1v) is 5.93.